The Bertz CT molecular complexity index is 460. The lowest BCUT2D eigenvalue weighted by Gasteiger charge is -2.18. The van der Waals surface area contributed by atoms with Crippen LogP contribution in [0, 0.1) is 0 Å². The fourth-order valence-electron chi connectivity index (χ4n) is 1.38. The van der Waals surface area contributed by atoms with Gasteiger partial charge in [0.15, 0.2) is 5.78 Å². The quantitative estimate of drug-likeness (QED) is 0.607. The van der Waals surface area contributed by atoms with Crippen molar-refractivity contribution in [2.24, 2.45) is 0 Å². The summed E-state index contributed by atoms with van der Waals surface area (Å²) in [6.45, 7) is -0.111. The molecule has 0 saturated carbocycles. The monoisotopic (exact) mass is 337 g/mol. The van der Waals surface area contributed by atoms with Crippen LogP contribution in [0.25, 0.3) is 0 Å². The Morgan fingerprint density at radius 3 is 2.35 bits per heavy atom. The standard InChI is InChI=1S/C13H14Cl3NO3/c1-17(12(19)20-9-13(14,15)16)8-7-11(18)10-5-3-2-4-6-10/h2-6H,7-9H2,1H3. The lowest BCUT2D eigenvalue weighted by Crippen LogP contribution is -2.31. The van der Waals surface area contributed by atoms with Crippen molar-refractivity contribution in [3.8, 4) is 0 Å². The van der Waals surface area contributed by atoms with E-state index in [0.29, 0.717) is 5.56 Å². The summed E-state index contributed by atoms with van der Waals surface area (Å²) in [5.74, 6) is -0.0494. The third kappa shape index (κ3) is 6.46. The van der Waals surface area contributed by atoms with Gasteiger partial charge in [0.1, 0.15) is 6.61 Å². The summed E-state index contributed by atoms with van der Waals surface area (Å²) < 4.78 is 3.14. The highest BCUT2D eigenvalue weighted by Crippen LogP contribution is 2.26. The van der Waals surface area contributed by atoms with Crippen LogP contribution in [-0.4, -0.2) is 40.8 Å². The minimum atomic E-state index is -1.64. The van der Waals surface area contributed by atoms with Gasteiger partial charge < -0.3 is 9.64 Å². The van der Waals surface area contributed by atoms with Gasteiger partial charge in [-0.05, 0) is 0 Å². The van der Waals surface area contributed by atoms with E-state index in [4.69, 9.17) is 39.5 Å². The Kier molecular flexibility index (Phi) is 6.59. The van der Waals surface area contributed by atoms with E-state index >= 15 is 0 Å². The normalized spacial score (nSPS) is 11.0. The third-order valence-corrected chi connectivity index (χ3v) is 2.77. The maximum Gasteiger partial charge on any atom is 0.409 e. The van der Waals surface area contributed by atoms with Crippen molar-refractivity contribution in [1.82, 2.24) is 4.90 Å². The smallest absolute Gasteiger partial charge is 0.409 e. The van der Waals surface area contributed by atoms with Gasteiger partial charge in [0, 0.05) is 25.6 Å². The Morgan fingerprint density at radius 2 is 1.80 bits per heavy atom. The first-order valence-corrected chi connectivity index (χ1v) is 6.96. The molecule has 0 spiro atoms. The predicted molar refractivity (Wildman–Crippen MR) is 79.7 cm³/mol. The van der Waals surface area contributed by atoms with Gasteiger partial charge in [-0.3, -0.25) is 4.79 Å². The molecule has 0 fully saturated rings. The number of hydrogen-bond donors (Lipinski definition) is 0. The SMILES string of the molecule is CN(CCC(=O)c1ccccc1)C(=O)OCC(Cl)(Cl)Cl. The van der Waals surface area contributed by atoms with Crippen LogP contribution in [0.2, 0.25) is 0 Å². The van der Waals surface area contributed by atoms with Crippen LogP contribution in [0.1, 0.15) is 16.8 Å². The number of hydrogen-bond acceptors (Lipinski definition) is 3. The summed E-state index contributed by atoms with van der Waals surface area (Å²) in [6, 6.07) is 8.85. The van der Waals surface area contributed by atoms with Gasteiger partial charge in [-0.25, -0.2) is 4.79 Å². The van der Waals surface area contributed by atoms with Crippen LogP contribution in [0.4, 0.5) is 4.79 Å². The fourth-order valence-corrected chi connectivity index (χ4v) is 1.55. The summed E-state index contributed by atoms with van der Waals surface area (Å²) >= 11 is 16.4. The van der Waals surface area contributed by atoms with Crippen LogP contribution in [0.5, 0.6) is 0 Å². The molecule has 1 amide bonds. The largest absolute Gasteiger partial charge is 0.445 e. The van der Waals surface area contributed by atoms with E-state index in [-0.39, 0.29) is 25.4 Å². The fraction of sp³-hybridized carbons (Fsp3) is 0.385. The van der Waals surface area contributed by atoms with E-state index < -0.39 is 9.89 Å². The molecule has 0 radical (unpaired) electrons. The molecule has 0 bridgehead atoms. The van der Waals surface area contributed by atoms with Crippen molar-refractivity contribution in [3.63, 3.8) is 0 Å². The number of Topliss-reactive ketones (excluding diaryl/α,β-unsaturated/α-hetero) is 1. The van der Waals surface area contributed by atoms with E-state index in [1.165, 1.54) is 11.9 Å². The lowest BCUT2D eigenvalue weighted by atomic mass is 10.1. The molecule has 1 rings (SSSR count). The number of alkyl halides is 3. The van der Waals surface area contributed by atoms with Gasteiger partial charge in [0.05, 0.1) is 0 Å². The number of rotatable bonds is 5. The van der Waals surface area contributed by atoms with Gasteiger partial charge in [0.2, 0.25) is 3.79 Å². The van der Waals surface area contributed by atoms with Crippen molar-refractivity contribution in [3.05, 3.63) is 35.9 Å². The molecule has 0 heterocycles. The molecule has 0 unspecified atom stereocenters. The highest BCUT2D eigenvalue weighted by atomic mass is 35.6. The molecule has 0 N–H and O–H groups in total. The lowest BCUT2D eigenvalue weighted by molar-refractivity contribution is 0.0942. The van der Waals surface area contributed by atoms with Crippen molar-refractivity contribution in [1.29, 1.82) is 0 Å². The first-order chi connectivity index (χ1) is 9.29. The number of amides is 1. The summed E-state index contributed by atoms with van der Waals surface area (Å²) in [7, 11) is 1.51. The molecule has 20 heavy (non-hydrogen) atoms. The molecule has 4 nitrogen and oxygen atoms in total. The summed E-state index contributed by atoms with van der Waals surface area (Å²) in [5, 5.41) is 0. The molecule has 0 aliphatic carbocycles. The van der Waals surface area contributed by atoms with Gasteiger partial charge in [-0.2, -0.15) is 0 Å². The number of benzene rings is 1. The summed E-state index contributed by atoms with van der Waals surface area (Å²) in [5.41, 5.74) is 0.607. The minimum Gasteiger partial charge on any atom is -0.445 e. The summed E-state index contributed by atoms with van der Waals surface area (Å²) in [4.78, 5) is 24.7. The number of ether oxygens (including phenoxy) is 1. The van der Waals surface area contributed by atoms with E-state index in [0.717, 1.165) is 0 Å². The molecule has 7 heteroatoms. The van der Waals surface area contributed by atoms with Gasteiger partial charge in [-0.1, -0.05) is 65.1 Å². The Balaban J connectivity index is 2.38. The maximum atomic E-state index is 11.8. The molecular formula is C13H14Cl3NO3. The highest BCUT2D eigenvalue weighted by molar-refractivity contribution is 6.67. The molecular weight excluding hydrogens is 325 g/mol. The van der Waals surface area contributed by atoms with Crippen molar-refractivity contribution in [2.45, 2.75) is 10.2 Å². The Hall–Kier alpha value is -0.970. The number of nitrogens with zero attached hydrogens (tertiary/aromatic N) is 1. The average Bonchev–Trinajstić information content (AvgIpc) is 2.41. The van der Waals surface area contributed by atoms with Crippen LogP contribution >= 0.6 is 34.8 Å². The highest BCUT2D eigenvalue weighted by Gasteiger charge is 2.23. The third-order valence-electron chi connectivity index (χ3n) is 2.44. The van der Waals surface area contributed by atoms with Crippen LogP contribution in [0.3, 0.4) is 0 Å². The second kappa shape index (κ2) is 7.72. The van der Waals surface area contributed by atoms with E-state index in [2.05, 4.69) is 0 Å². The zero-order chi connectivity index (χ0) is 15.2. The Labute approximate surface area is 132 Å². The molecule has 110 valence electrons. The van der Waals surface area contributed by atoms with Gasteiger partial charge in [0.25, 0.3) is 0 Å². The Morgan fingerprint density at radius 1 is 1.20 bits per heavy atom. The van der Waals surface area contributed by atoms with Crippen molar-refractivity contribution < 1.29 is 14.3 Å². The molecule has 0 aromatic heterocycles. The zero-order valence-corrected chi connectivity index (χ0v) is 13.1. The number of halogens is 3. The molecule has 0 saturated heterocycles. The van der Waals surface area contributed by atoms with Crippen molar-refractivity contribution >= 4 is 46.7 Å². The van der Waals surface area contributed by atoms with E-state index in [1.54, 1.807) is 24.3 Å². The van der Waals surface area contributed by atoms with Gasteiger partial charge in [-0.15, -0.1) is 0 Å². The molecule has 0 atom stereocenters. The van der Waals surface area contributed by atoms with Crippen molar-refractivity contribution in [2.75, 3.05) is 20.2 Å². The number of carbonyl (C=O) groups is 2. The molecule has 1 aromatic rings. The van der Waals surface area contributed by atoms with E-state index in [1.807, 2.05) is 6.07 Å². The van der Waals surface area contributed by atoms with Crippen LogP contribution in [-0.2, 0) is 4.74 Å². The number of carbonyl (C=O) groups excluding carboxylic acids is 2. The molecule has 0 aliphatic rings. The summed E-state index contributed by atoms with van der Waals surface area (Å²) in [6.07, 6.45) is -0.444. The first kappa shape index (κ1) is 17.1. The number of ketones is 1. The second-order valence-corrected chi connectivity index (χ2v) is 6.65. The average molecular weight is 339 g/mol. The molecule has 0 aliphatic heterocycles. The molecule has 1 aromatic carbocycles. The van der Waals surface area contributed by atoms with Crippen LogP contribution in [0.15, 0.2) is 30.3 Å². The van der Waals surface area contributed by atoms with E-state index in [9.17, 15) is 9.59 Å². The van der Waals surface area contributed by atoms with Crippen LogP contribution < -0.4 is 0 Å². The maximum absolute atomic E-state index is 11.8. The minimum absolute atomic E-state index is 0.0494. The zero-order valence-electron chi connectivity index (χ0n) is 10.8. The predicted octanol–water partition coefficient (Wildman–Crippen LogP) is 3.70. The first-order valence-electron chi connectivity index (χ1n) is 5.82. The second-order valence-electron chi connectivity index (χ2n) is 4.13. The van der Waals surface area contributed by atoms with Gasteiger partial charge >= 0.3 is 6.09 Å². The topological polar surface area (TPSA) is 46.6 Å².